The van der Waals surface area contributed by atoms with E-state index in [0.29, 0.717) is 17.9 Å². The summed E-state index contributed by atoms with van der Waals surface area (Å²) in [5.74, 6) is 0.184. The van der Waals surface area contributed by atoms with E-state index in [-0.39, 0.29) is 25.1 Å². The standard InChI is InChI=1S/C22H23N5O5/c1-15-13-26(21(29)32-20-5-3-4-8-23-20)19-11-16(17-12-24-25(14-17)9-10-28)6-7-18(19)27(15)22(30)31-2/h3-8,11-12,14-15,28H,9-10,13H2,1-2H3/t15-/m0/s1. The zero-order valence-electron chi connectivity index (χ0n) is 17.7. The van der Waals surface area contributed by atoms with Crippen molar-refractivity contribution in [3.8, 4) is 17.0 Å². The van der Waals surface area contributed by atoms with Gasteiger partial charge in [-0.05, 0) is 30.7 Å². The minimum Gasteiger partial charge on any atom is -0.452 e. The molecule has 0 radical (unpaired) electrons. The molecule has 0 bridgehead atoms. The third-order valence-electron chi connectivity index (χ3n) is 5.13. The molecule has 10 heteroatoms. The normalized spacial score (nSPS) is 15.3. The van der Waals surface area contributed by atoms with Crippen molar-refractivity contribution in [3.05, 3.63) is 55.0 Å². The lowest BCUT2D eigenvalue weighted by molar-refractivity contribution is 0.175. The van der Waals surface area contributed by atoms with Gasteiger partial charge in [0.1, 0.15) is 0 Å². The van der Waals surface area contributed by atoms with Gasteiger partial charge in [0, 0.05) is 24.0 Å². The predicted molar refractivity (Wildman–Crippen MR) is 117 cm³/mol. The monoisotopic (exact) mass is 437 g/mol. The van der Waals surface area contributed by atoms with Gasteiger partial charge in [-0.3, -0.25) is 14.5 Å². The highest BCUT2D eigenvalue weighted by Crippen LogP contribution is 2.39. The van der Waals surface area contributed by atoms with Gasteiger partial charge in [-0.1, -0.05) is 12.1 Å². The fourth-order valence-electron chi connectivity index (χ4n) is 3.64. The molecule has 0 unspecified atom stereocenters. The predicted octanol–water partition coefficient (Wildman–Crippen LogP) is 2.92. The highest BCUT2D eigenvalue weighted by atomic mass is 16.6. The molecule has 3 aromatic rings. The van der Waals surface area contributed by atoms with Crippen molar-refractivity contribution in [2.75, 3.05) is 30.1 Å². The lowest BCUT2D eigenvalue weighted by Gasteiger charge is -2.39. The Bertz CT molecular complexity index is 1120. The number of hydrogen-bond acceptors (Lipinski definition) is 7. The Labute approximate surface area is 184 Å². The highest BCUT2D eigenvalue weighted by Gasteiger charge is 2.36. The number of rotatable bonds is 4. The Morgan fingerprint density at radius 2 is 2.00 bits per heavy atom. The molecule has 0 spiro atoms. The van der Waals surface area contributed by atoms with Gasteiger partial charge in [0.2, 0.25) is 5.88 Å². The molecule has 3 heterocycles. The molecule has 32 heavy (non-hydrogen) atoms. The van der Waals surface area contributed by atoms with E-state index in [1.54, 1.807) is 47.4 Å². The average Bonchev–Trinajstić information content (AvgIpc) is 3.27. The summed E-state index contributed by atoms with van der Waals surface area (Å²) in [6.45, 7) is 2.39. The molecule has 2 aromatic heterocycles. The van der Waals surface area contributed by atoms with Crippen LogP contribution in [0.15, 0.2) is 55.0 Å². The maximum atomic E-state index is 13.0. The van der Waals surface area contributed by atoms with Gasteiger partial charge in [0.05, 0.1) is 50.4 Å². The fourth-order valence-corrected chi connectivity index (χ4v) is 3.64. The van der Waals surface area contributed by atoms with Crippen molar-refractivity contribution in [1.29, 1.82) is 0 Å². The molecular weight excluding hydrogens is 414 g/mol. The Balaban J connectivity index is 1.74. The minimum atomic E-state index is -0.602. The molecule has 0 saturated heterocycles. The maximum absolute atomic E-state index is 13.0. The van der Waals surface area contributed by atoms with Crippen molar-refractivity contribution in [2.45, 2.75) is 19.5 Å². The number of hydrogen-bond donors (Lipinski definition) is 1. The first-order chi connectivity index (χ1) is 15.5. The van der Waals surface area contributed by atoms with Gasteiger partial charge in [-0.25, -0.2) is 14.6 Å². The van der Waals surface area contributed by atoms with Crippen molar-refractivity contribution in [2.24, 2.45) is 0 Å². The molecule has 2 amide bonds. The number of pyridine rings is 1. The maximum Gasteiger partial charge on any atom is 0.421 e. The number of amides is 2. The lowest BCUT2D eigenvalue weighted by atomic mass is 10.0. The Kier molecular flexibility index (Phi) is 6.04. The van der Waals surface area contributed by atoms with E-state index in [0.717, 1.165) is 11.1 Å². The van der Waals surface area contributed by atoms with Gasteiger partial charge in [-0.2, -0.15) is 5.10 Å². The molecule has 1 aliphatic rings. The van der Waals surface area contributed by atoms with E-state index in [1.807, 2.05) is 13.0 Å². The van der Waals surface area contributed by atoms with Gasteiger partial charge in [-0.15, -0.1) is 0 Å². The van der Waals surface area contributed by atoms with Crippen LogP contribution >= 0.6 is 0 Å². The third-order valence-corrected chi connectivity index (χ3v) is 5.13. The molecule has 1 atom stereocenters. The van der Waals surface area contributed by atoms with Crippen LogP contribution < -0.4 is 14.5 Å². The molecule has 1 aromatic carbocycles. The molecule has 0 saturated carbocycles. The number of fused-ring (bicyclic) bond motifs is 1. The van der Waals surface area contributed by atoms with Crippen LogP contribution in [0.25, 0.3) is 11.1 Å². The number of nitrogens with zero attached hydrogens (tertiary/aromatic N) is 5. The van der Waals surface area contributed by atoms with E-state index in [1.165, 1.54) is 23.1 Å². The van der Waals surface area contributed by atoms with E-state index in [2.05, 4.69) is 10.1 Å². The topological polar surface area (TPSA) is 110 Å². The zero-order chi connectivity index (χ0) is 22.7. The number of aliphatic hydroxyl groups excluding tert-OH is 1. The quantitative estimate of drug-likeness (QED) is 0.668. The Morgan fingerprint density at radius 3 is 2.72 bits per heavy atom. The summed E-state index contributed by atoms with van der Waals surface area (Å²) in [5.41, 5.74) is 2.63. The van der Waals surface area contributed by atoms with Gasteiger partial charge in [0.15, 0.2) is 0 Å². The van der Waals surface area contributed by atoms with Crippen LogP contribution in [-0.4, -0.2) is 58.4 Å². The average molecular weight is 437 g/mol. The smallest absolute Gasteiger partial charge is 0.421 e. The number of carbonyl (C=O) groups excluding carboxylic acids is 2. The highest BCUT2D eigenvalue weighted by molar-refractivity contribution is 6.02. The molecule has 0 fully saturated rings. The fraction of sp³-hybridized carbons (Fsp3) is 0.273. The molecule has 4 rings (SSSR count). The van der Waals surface area contributed by atoms with Gasteiger partial charge in [0.25, 0.3) is 0 Å². The largest absolute Gasteiger partial charge is 0.452 e. The Hall–Kier alpha value is -3.92. The number of ether oxygens (including phenoxy) is 2. The van der Waals surface area contributed by atoms with E-state index >= 15 is 0 Å². The number of benzene rings is 1. The molecular formula is C22H23N5O5. The SMILES string of the molecule is COC(=O)N1c2ccc(-c3cnn(CCO)c3)cc2N(C(=O)Oc2ccccn2)C[C@@H]1C. The van der Waals surface area contributed by atoms with Crippen molar-refractivity contribution < 1.29 is 24.2 Å². The molecule has 166 valence electrons. The van der Waals surface area contributed by atoms with Crippen LogP contribution in [0.3, 0.4) is 0 Å². The second-order valence-corrected chi connectivity index (χ2v) is 7.25. The van der Waals surface area contributed by atoms with Crippen molar-refractivity contribution in [3.63, 3.8) is 0 Å². The molecule has 10 nitrogen and oxygen atoms in total. The Morgan fingerprint density at radius 1 is 1.16 bits per heavy atom. The first-order valence-electron chi connectivity index (χ1n) is 10.1. The van der Waals surface area contributed by atoms with Crippen molar-refractivity contribution >= 4 is 23.6 Å². The second kappa shape index (κ2) is 9.06. The summed E-state index contributed by atoms with van der Waals surface area (Å²) in [6.07, 6.45) is 3.90. The van der Waals surface area contributed by atoms with Crippen molar-refractivity contribution in [1.82, 2.24) is 14.8 Å². The minimum absolute atomic E-state index is 0.0234. The summed E-state index contributed by atoms with van der Waals surface area (Å²) in [5, 5.41) is 13.4. The number of aliphatic hydroxyl groups is 1. The summed E-state index contributed by atoms with van der Waals surface area (Å²) >= 11 is 0. The van der Waals surface area contributed by atoms with Crippen LogP contribution in [-0.2, 0) is 11.3 Å². The summed E-state index contributed by atoms with van der Waals surface area (Å²) < 4.78 is 12.0. The van der Waals surface area contributed by atoms with Crippen LogP contribution in [0.2, 0.25) is 0 Å². The summed E-state index contributed by atoms with van der Waals surface area (Å²) in [6, 6.07) is 10.1. The van der Waals surface area contributed by atoms with Crippen LogP contribution in [0.4, 0.5) is 21.0 Å². The zero-order valence-corrected chi connectivity index (χ0v) is 17.7. The third kappa shape index (κ3) is 4.12. The van der Waals surface area contributed by atoms with Gasteiger partial charge >= 0.3 is 12.2 Å². The van der Waals surface area contributed by atoms with Crippen LogP contribution in [0.5, 0.6) is 5.88 Å². The number of anilines is 2. The van der Waals surface area contributed by atoms with Crippen LogP contribution in [0.1, 0.15) is 6.92 Å². The van der Waals surface area contributed by atoms with Crippen LogP contribution in [0, 0.1) is 0 Å². The number of aromatic nitrogens is 3. The molecule has 0 aliphatic carbocycles. The van der Waals surface area contributed by atoms with E-state index in [9.17, 15) is 9.59 Å². The summed E-state index contributed by atoms with van der Waals surface area (Å²) in [4.78, 5) is 32.5. The van der Waals surface area contributed by atoms with Gasteiger partial charge < -0.3 is 14.6 Å². The van der Waals surface area contributed by atoms with E-state index in [4.69, 9.17) is 14.6 Å². The van der Waals surface area contributed by atoms with E-state index < -0.39 is 12.2 Å². The number of methoxy groups -OCH3 is 1. The first kappa shape index (κ1) is 21.3. The molecule has 1 aliphatic heterocycles. The second-order valence-electron chi connectivity index (χ2n) is 7.25. The number of carbonyl (C=O) groups is 2. The first-order valence-corrected chi connectivity index (χ1v) is 10.1. The summed E-state index contributed by atoms with van der Waals surface area (Å²) in [7, 11) is 1.32. The molecule has 1 N–H and O–H groups in total. The lowest BCUT2D eigenvalue weighted by Crippen LogP contribution is -2.52.